The van der Waals surface area contributed by atoms with Crippen LogP contribution in [0.2, 0.25) is 0 Å². The molecule has 3 rings (SSSR count). The van der Waals surface area contributed by atoms with Gasteiger partial charge in [-0.25, -0.2) is 12.8 Å². The number of aliphatic imine (C=N–C) groups is 1. The maximum atomic E-state index is 13.4. The largest absolute Gasteiger partial charge is 0.324 e. The van der Waals surface area contributed by atoms with Gasteiger partial charge in [-0.2, -0.15) is 0 Å². The number of rotatable bonds is 4. The summed E-state index contributed by atoms with van der Waals surface area (Å²) in [5.74, 6) is -0.711. The zero-order valence-electron chi connectivity index (χ0n) is 12.5. The average molecular weight is 347 g/mol. The SMILES string of the molecule is O=C(CCN=C1NS(=O)(=O)c2ccccc21)Nc1ccccc1F. The number of nitrogens with zero attached hydrogens (tertiary/aromatic N) is 1. The highest BCUT2D eigenvalue weighted by molar-refractivity contribution is 7.90. The molecule has 0 radical (unpaired) electrons. The summed E-state index contributed by atoms with van der Waals surface area (Å²) in [5, 5.41) is 2.45. The summed E-state index contributed by atoms with van der Waals surface area (Å²) >= 11 is 0. The van der Waals surface area contributed by atoms with Crippen molar-refractivity contribution in [1.29, 1.82) is 0 Å². The highest BCUT2D eigenvalue weighted by Crippen LogP contribution is 2.22. The normalized spacial score (nSPS) is 16.5. The minimum atomic E-state index is -3.59. The predicted molar refractivity (Wildman–Crippen MR) is 87.8 cm³/mol. The van der Waals surface area contributed by atoms with Crippen LogP contribution in [0.25, 0.3) is 0 Å². The van der Waals surface area contributed by atoms with Crippen molar-refractivity contribution in [2.45, 2.75) is 11.3 Å². The van der Waals surface area contributed by atoms with Gasteiger partial charge in [-0.1, -0.05) is 24.3 Å². The van der Waals surface area contributed by atoms with E-state index in [2.05, 4.69) is 15.0 Å². The van der Waals surface area contributed by atoms with E-state index in [1.54, 1.807) is 24.3 Å². The van der Waals surface area contributed by atoms with Gasteiger partial charge in [-0.15, -0.1) is 0 Å². The summed E-state index contributed by atoms with van der Waals surface area (Å²) < 4.78 is 39.7. The molecule has 0 saturated carbocycles. The van der Waals surface area contributed by atoms with E-state index in [9.17, 15) is 17.6 Å². The Kier molecular flexibility index (Phi) is 4.30. The lowest BCUT2D eigenvalue weighted by atomic mass is 10.2. The monoisotopic (exact) mass is 347 g/mol. The van der Waals surface area contributed by atoms with Crippen LogP contribution in [0.3, 0.4) is 0 Å². The van der Waals surface area contributed by atoms with Crippen molar-refractivity contribution in [3.63, 3.8) is 0 Å². The molecule has 0 unspecified atom stereocenters. The molecule has 0 bridgehead atoms. The molecule has 6 nitrogen and oxygen atoms in total. The van der Waals surface area contributed by atoms with E-state index in [0.29, 0.717) is 5.56 Å². The number of hydrogen-bond donors (Lipinski definition) is 2. The molecule has 1 amide bonds. The van der Waals surface area contributed by atoms with Crippen LogP contribution in [-0.4, -0.2) is 26.7 Å². The number of amides is 1. The zero-order chi connectivity index (χ0) is 17.2. The summed E-state index contributed by atoms with van der Waals surface area (Å²) in [7, 11) is -3.59. The fraction of sp³-hybridized carbons (Fsp3) is 0.125. The summed E-state index contributed by atoms with van der Waals surface area (Å²) in [4.78, 5) is 16.1. The molecule has 1 heterocycles. The minimum absolute atomic E-state index is 0.00172. The molecule has 0 aliphatic carbocycles. The second kappa shape index (κ2) is 6.40. The van der Waals surface area contributed by atoms with Crippen molar-refractivity contribution in [2.24, 2.45) is 4.99 Å². The lowest BCUT2D eigenvalue weighted by molar-refractivity contribution is -0.116. The summed E-state index contributed by atoms with van der Waals surface area (Å²) in [5.41, 5.74) is 0.578. The van der Waals surface area contributed by atoms with Crippen LogP contribution < -0.4 is 10.0 Å². The van der Waals surface area contributed by atoms with E-state index in [0.717, 1.165) is 0 Å². The minimum Gasteiger partial charge on any atom is -0.324 e. The number of para-hydroxylation sites is 1. The molecule has 2 aromatic carbocycles. The highest BCUT2D eigenvalue weighted by Gasteiger charge is 2.29. The van der Waals surface area contributed by atoms with Crippen molar-refractivity contribution in [1.82, 2.24) is 4.72 Å². The van der Waals surface area contributed by atoms with Crippen molar-refractivity contribution < 1.29 is 17.6 Å². The molecule has 0 saturated heterocycles. The Morgan fingerprint density at radius 3 is 2.62 bits per heavy atom. The Balaban J connectivity index is 1.65. The lowest BCUT2D eigenvalue weighted by Gasteiger charge is -2.05. The Morgan fingerprint density at radius 2 is 1.83 bits per heavy atom. The number of halogens is 1. The molecule has 124 valence electrons. The fourth-order valence-corrected chi connectivity index (χ4v) is 3.55. The third-order valence-corrected chi connectivity index (χ3v) is 4.82. The van der Waals surface area contributed by atoms with Crippen molar-refractivity contribution >= 4 is 27.5 Å². The van der Waals surface area contributed by atoms with Gasteiger partial charge in [0.1, 0.15) is 11.7 Å². The molecule has 1 aliphatic rings. The van der Waals surface area contributed by atoms with Gasteiger partial charge in [0.05, 0.1) is 17.1 Å². The number of benzene rings is 2. The standard InChI is InChI=1S/C16H14FN3O3S/c17-12-6-2-3-7-13(12)19-15(21)9-10-18-16-11-5-1-4-8-14(11)24(22,23)20-16/h1-8H,9-10H2,(H,18,20)(H,19,21). The van der Waals surface area contributed by atoms with Gasteiger partial charge in [0.25, 0.3) is 10.0 Å². The number of carbonyl (C=O) groups excluding carboxylic acids is 1. The molecule has 0 aromatic heterocycles. The number of amidine groups is 1. The third-order valence-electron chi connectivity index (χ3n) is 3.42. The second-order valence-corrected chi connectivity index (χ2v) is 6.76. The van der Waals surface area contributed by atoms with Crippen molar-refractivity contribution in [3.8, 4) is 0 Å². The molecule has 1 aliphatic heterocycles. The number of anilines is 1. The molecule has 0 fully saturated rings. The van der Waals surface area contributed by atoms with Crippen LogP contribution in [0, 0.1) is 5.82 Å². The van der Waals surface area contributed by atoms with E-state index >= 15 is 0 Å². The Labute approximate surface area is 138 Å². The van der Waals surface area contributed by atoms with E-state index in [1.807, 2.05) is 0 Å². The number of fused-ring (bicyclic) bond motifs is 1. The average Bonchev–Trinajstić information content (AvgIpc) is 2.81. The second-order valence-electron chi connectivity index (χ2n) is 5.11. The molecular formula is C16H14FN3O3S. The highest BCUT2D eigenvalue weighted by atomic mass is 32.2. The topological polar surface area (TPSA) is 87.6 Å². The first-order chi connectivity index (χ1) is 11.5. The summed E-state index contributed by atoms with van der Waals surface area (Å²) in [6.45, 7) is 0.0759. The van der Waals surface area contributed by atoms with Gasteiger partial charge in [-0.3, -0.25) is 14.5 Å². The Bertz CT molecular complexity index is 926. The van der Waals surface area contributed by atoms with Gasteiger partial charge in [0.15, 0.2) is 0 Å². The Hall–Kier alpha value is -2.74. The maximum Gasteiger partial charge on any atom is 0.263 e. The zero-order valence-corrected chi connectivity index (χ0v) is 13.3. The molecular weight excluding hydrogens is 333 g/mol. The van der Waals surface area contributed by atoms with Crippen LogP contribution in [0.4, 0.5) is 10.1 Å². The quantitative estimate of drug-likeness (QED) is 0.885. The smallest absolute Gasteiger partial charge is 0.263 e. The predicted octanol–water partition coefficient (Wildman–Crippen LogP) is 1.89. The van der Waals surface area contributed by atoms with Gasteiger partial charge in [-0.05, 0) is 24.3 Å². The van der Waals surface area contributed by atoms with Crippen LogP contribution >= 0.6 is 0 Å². The number of carbonyl (C=O) groups is 1. The van der Waals surface area contributed by atoms with Crippen LogP contribution in [-0.2, 0) is 14.8 Å². The lowest BCUT2D eigenvalue weighted by Crippen LogP contribution is -2.23. The molecule has 8 heteroatoms. The Morgan fingerprint density at radius 1 is 1.12 bits per heavy atom. The van der Waals surface area contributed by atoms with E-state index < -0.39 is 21.7 Å². The third kappa shape index (κ3) is 3.28. The van der Waals surface area contributed by atoms with Crippen LogP contribution in [0.5, 0.6) is 0 Å². The van der Waals surface area contributed by atoms with Crippen molar-refractivity contribution in [3.05, 3.63) is 59.9 Å². The fourth-order valence-electron chi connectivity index (χ4n) is 2.30. The van der Waals surface area contributed by atoms with Crippen LogP contribution in [0.15, 0.2) is 58.4 Å². The van der Waals surface area contributed by atoms with Gasteiger partial charge in [0.2, 0.25) is 5.91 Å². The maximum absolute atomic E-state index is 13.4. The molecule has 0 spiro atoms. The molecule has 2 aromatic rings. The molecule has 2 N–H and O–H groups in total. The van der Waals surface area contributed by atoms with E-state index in [1.165, 1.54) is 24.3 Å². The van der Waals surface area contributed by atoms with Gasteiger partial charge < -0.3 is 5.32 Å². The molecule has 0 atom stereocenters. The van der Waals surface area contributed by atoms with E-state index in [4.69, 9.17) is 0 Å². The first-order valence-electron chi connectivity index (χ1n) is 7.18. The summed E-state index contributed by atoms with van der Waals surface area (Å²) in [6, 6.07) is 12.3. The van der Waals surface area contributed by atoms with Gasteiger partial charge >= 0.3 is 0 Å². The van der Waals surface area contributed by atoms with E-state index in [-0.39, 0.29) is 29.4 Å². The molecule has 24 heavy (non-hydrogen) atoms. The first kappa shape index (κ1) is 16.1. The van der Waals surface area contributed by atoms with Gasteiger partial charge in [0, 0.05) is 12.0 Å². The van der Waals surface area contributed by atoms with Crippen LogP contribution in [0.1, 0.15) is 12.0 Å². The number of hydrogen-bond acceptors (Lipinski definition) is 4. The van der Waals surface area contributed by atoms with Crippen molar-refractivity contribution in [2.75, 3.05) is 11.9 Å². The summed E-state index contributed by atoms with van der Waals surface area (Å²) in [6.07, 6.45) is 0.00172. The number of sulfonamides is 1. The first-order valence-corrected chi connectivity index (χ1v) is 8.67. The number of nitrogens with one attached hydrogen (secondary N) is 2.